The highest BCUT2D eigenvalue weighted by molar-refractivity contribution is 6.30. The molecule has 0 spiro atoms. The summed E-state index contributed by atoms with van der Waals surface area (Å²) in [7, 11) is 0. The fourth-order valence-electron chi connectivity index (χ4n) is 1.56. The lowest BCUT2D eigenvalue weighted by atomic mass is 10.2. The Kier molecular flexibility index (Phi) is 4.16. The number of nitriles is 1. The summed E-state index contributed by atoms with van der Waals surface area (Å²) < 4.78 is 0. The molecule has 0 saturated carbocycles. The first kappa shape index (κ1) is 13.1. The van der Waals surface area contributed by atoms with Crippen LogP contribution in [-0.2, 0) is 0 Å². The largest absolute Gasteiger partial charge is 0.370 e. The van der Waals surface area contributed by atoms with Gasteiger partial charge in [-0.25, -0.2) is 9.97 Å². The zero-order valence-corrected chi connectivity index (χ0v) is 11.1. The molecule has 0 atom stereocenters. The Balaban J connectivity index is 2.28. The molecule has 1 aromatic heterocycles. The molecule has 1 heterocycles. The van der Waals surface area contributed by atoms with E-state index in [1.54, 1.807) is 24.3 Å². The second-order valence-corrected chi connectivity index (χ2v) is 4.18. The molecular weight excluding hydrogens is 262 g/mol. The van der Waals surface area contributed by atoms with Crippen molar-refractivity contribution in [2.75, 3.05) is 17.2 Å². The maximum Gasteiger partial charge on any atom is 0.135 e. The van der Waals surface area contributed by atoms with Crippen molar-refractivity contribution < 1.29 is 0 Å². The second kappa shape index (κ2) is 6.03. The molecule has 96 valence electrons. The van der Waals surface area contributed by atoms with Gasteiger partial charge in [-0.2, -0.15) is 5.26 Å². The average molecular weight is 274 g/mol. The van der Waals surface area contributed by atoms with Gasteiger partial charge >= 0.3 is 0 Å². The normalized spacial score (nSPS) is 9.74. The van der Waals surface area contributed by atoms with Gasteiger partial charge in [0.2, 0.25) is 0 Å². The summed E-state index contributed by atoms with van der Waals surface area (Å²) in [6.45, 7) is 2.76. The fraction of sp³-hybridized carbons (Fsp3) is 0.154. The Labute approximate surface area is 116 Å². The number of hydrogen-bond acceptors (Lipinski definition) is 5. The van der Waals surface area contributed by atoms with E-state index in [9.17, 15) is 0 Å². The van der Waals surface area contributed by atoms with Crippen molar-refractivity contribution in [3.63, 3.8) is 0 Å². The number of aromatic nitrogens is 2. The van der Waals surface area contributed by atoms with Crippen LogP contribution in [-0.4, -0.2) is 16.5 Å². The number of halogens is 1. The van der Waals surface area contributed by atoms with Gasteiger partial charge in [0.05, 0.1) is 11.3 Å². The van der Waals surface area contributed by atoms with E-state index < -0.39 is 0 Å². The maximum atomic E-state index is 9.05. The first-order valence-corrected chi connectivity index (χ1v) is 6.13. The minimum Gasteiger partial charge on any atom is -0.370 e. The highest BCUT2D eigenvalue weighted by Crippen LogP contribution is 2.23. The molecule has 0 unspecified atom stereocenters. The summed E-state index contributed by atoms with van der Waals surface area (Å²) in [5, 5.41) is 15.8. The van der Waals surface area contributed by atoms with E-state index >= 15 is 0 Å². The third-order valence-electron chi connectivity index (χ3n) is 2.39. The molecule has 19 heavy (non-hydrogen) atoms. The van der Waals surface area contributed by atoms with Crippen LogP contribution in [0.2, 0.25) is 5.02 Å². The van der Waals surface area contributed by atoms with Crippen molar-refractivity contribution in [3.8, 4) is 6.07 Å². The number of nitrogens with zero attached hydrogens (tertiary/aromatic N) is 3. The van der Waals surface area contributed by atoms with E-state index in [-0.39, 0.29) is 0 Å². The topological polar surface area (TPSA) is 73.6 Å². The molecule has 2 N–H and O–H groups in total. The molecule has 0 amide bonds. The van der Waals surface area contributed by atoms with Crippen LogP contribution in [0.1, 0.15) is 12.5 Å². The molecular formula is C13H12ClN5. The predicted molar refractivity (Wildman–Crippen MR) is 75.6 cm³/mol. The van der Waals surface area contributed by atoms with Crippen molar-refractivity contribution in [1.29, 1.82) is 5.26 Å². The SMILES string of the molecule is CCNc1cc(Nc2cc(Cl)ccc2C#N)ncn1. The summed E-state index contributed by atoms with van der Waals surface area (Å²) >= 11 is 5.93. The molecule has 0 aliphatic heterocycles. The Bertz CT molecular complexity index is 621. The molecule has 1 aromatic carbocycles. The number of hydrogen-bond donors (Lipinski definition) is 2. The zero-order valence-electron chi connectivity index (χ0n) is 10.3. The van der Waals surface area contributed by atoms with E-state index in [1.165, 1.54) is 6.33 Å². The van der Waals surface area contributed by atoms with Crippen LogP contribution < -0.4 is 10.6 Å². The van der Waals surface area contributed by atoms with Crippen molar-refractivity contribution in [3.05, 3.63) is 41.2 Å². The van der Waals surface area contributed by atoms with Crippen LogP contribution in [0.4, 0.5) is 17.3 Å². The van der Waals surface area contributed by atoms with Gasteiger partial charge in [0.1, 0.15) is 24.0 Å². The second-order valence-electron chi connectivity index (χ2n) is 3.75. The number of benzene rings is 1. The van der Waals surface area contributed by atoms with E-state index in [0.29, 0.717) is 22.1 Å². The molecule has 0 aliphatic carbocycles. The Hall–Kier alpha value is -2.32. The van der Waals surface area contributed by atoms with Gasteiger partial charge < -0.3 is 10.6 Å². The van der Waals surface area contributed by atoms with Crippen molar-refractivity contribution >= 4 is 28.9 Å². The Morgan fingerprint density at radius 1 is 1.26 bits per heavy atom. The minimum atomic E-state index is 0.507. The first-order chi connectivity index (χ1) is 9.22. The van der Waals surface area contributed by atoms with Crippen LogP contribution in [0.3, 0.4) is 0 Å². The monoisotopic (exact) mass is 273 g/mol. The number of rotatable bonds is 4. The molecule has 2 rings (SSSR count). The standard InChI is InChI=1S/C13H12ClN5/c1-2-16-12-6-13(18-8-17-12)19-11-5-10(14)4-3-9(11)7-15/h3-6,8H,2H2,1H3,(H2,16,17,18,19). The van der Waals surface area contributed by atoms with Gasteiger partial charge in [-0.15, -0.1) is 0 Å². The van der Waals surface area contributed by atoms with Crippen LogP contribution in [0.5, 0.6) is 0 Å². The highest BCUT2D eigenvalue weighted by Gasteiger charge is 2.05. The lowest BCUT2D eigenvalue weighted by Crippen LogP contribution is -2.02. The van der Waals surface area contributed by atoms with Gasteiger partial charge in [0.15, 0.2) is 0 Å². The quantitative estimate of drug-likeness (QED) is 0.895. The van der Waals surface area contributed by atoms with Crippen LogP contribution in [0.15, 0.2) is 30.6 Å². The smallest absolute Gasteiger partial charge is 0.135 e. The molecule has 6 heteroatoms. The molecule has 0 fully saturated rings. The summed E-state index contributed by atoms with van der Waals surface area (Å²) in [6.07, 6.45) is 1.46. The van der Waals surface area contributed by atoms with Gasteiger partial charge in [-0.3, -0.25) is 0 Å². The van der Waals surface area contributed by atoms with Crippen molar-refractivity contribution in [2.45, 2.75) is 6.92 Å². The maximum absolute atomic E-state index is 9.05. The molecule has 0 saturated heterocycles. The third-order valence-corrected chi connectivity index (χ3v) is 2.62. The van der Waals surface area contributed by atoms with Crippen LogP contribution in [0, 0.1) is 11.3 Å². The summed E-state index contributed by atoms with van der Waals surface area (Å²) in [4.78, 5) is 8.18. The van der Waals surface area contributed by atoms with Crippen molar-refractivity contribution in [2.24, 2.45) is 0 Å². The summed E-state index contributed by atoms with van der Waals surface area (Å²) in [5.41, 5.74) is 1.13. The van der Waals surface area contributed by atoms with E-state index in [1.807, 2.05) is 6.92 Å². The van der Waals surface area contributed by atoms with E-state index in [0.717, 1.165) is 12.4 Å². The summed E-state index contributed by atoms with van der Waals surface area (Å²) in [6, 6.07) is 8.90. The fourth-order valence-corrected chi connectivity index (χ4v) is 1.73. The van der Waals surface area contributed by atoms with Gasteiger partial charge in [-0.1, -0.05) is 11.6 Å². The third kappa shape index (κ3) is 3.33. The summed E-state index contributed by atoms with van der Waals surface area (Å²) in [5.74, 6) is 1.32. The Morgan fingerprint density at radius 2 is 2.05 bits per heavy atom. The highest BCUT2D eigenvalue weighted by atomic mass is 35.5. The van der Waals surface area contributed by atoms with E-state index in [4.69, 9.17) is 16.9 Å². The van der Waals surface area contributed by atoms with Gasteiger partial charge in [0.25, 0.3) is 0 Å². The molecule has 5 nitrogen and oxygen atoms in total. The van der Waals surface area contributed by atoms with Crippen molar-refractivity contribution in [1.82, 2.24) is 9.97 Å². The van der Waals surface area contributed by atoms with Crippen LogP contribution >= 0.6 is 11.6 Å². The van der Waals surface area contributed by atoms with Gasteiger partial charge in [-0.05, 0) is 25.1 Å². The van der Waals surface area contributed by atoms with Crippen LogP contribution in [0.25, 0.3) is 0 Å². The van der Waals surface area contributed by atoms with Gasteiger partial charge in [0, 0.05) is 17.6 Å². The lowest BCUT2D eigenvalue weighted by Gasteiger charge is -2.09. The minimum absolute atomic E-state index is 0.507. The molecule has 0 radical (unpaired) electrons. The number of nitrogens with one attached hydrogen (secondary N) is 2. The number of anilines is 3. The average Bonchev–Trinajstić information content (AvgIpc) is 2.40. The zero-order chi connectivity index (χ0) is 13.7. The molecule has 0 aliphatic rings. The lowest BCUT2D eigenvalue weighted by molar-refractivity contribution is 1.11. The van der Waals surface area contributed by atoms with E-state index in [2.05, 4.69) is 26.7 Å². The molecule has 0 bridgehead atoms. The Morgan fingerprint density at radius 3 is 2.79 bits per heavy atom. The molecule has 2 aromatic rings. The first-order valence-electron chi connectivity index (χ1n) is 5.75. The predicted octanol–water partition coefficient (Wildman–Crippen LogP) is 3.18.